The highest BCUT2D eigenvalue weighted by Gasteiger charge is 2.21. The first-order chi connectivity index (χ1) is 21.8. The summed E-state index contributed by atoms with van der Waals surface area (Å²) < 4.78 is 8.98. The van der Waals surface area contributed by atoms with Gasteiger partial charge in [0.15, 0.2) is 5.82 Å². The van der Waals surface area contributed by atoms with Gasteiger partial charge in [-0.05, 0) is 30.3 Å². The molecule has 0 radical (unpaired) electrons. The summed E-state index contributed by atoms with van der Waals surface area (Å²) in [7, 11) is 0. The fourth-order valence-corrected chi connectivity index (χ4v) is 7.02. The van der Waals surface area contributed by atoms with E-state index in [9.17, 15) is 0 Å². The van der Waals surface area contributed by atoms with Crippen LogP contribution in [-0.2, 0) is 0 Å². The highest BCUT2D eigenvalue weighted by atomic mass is 16.3. The van der Waals surface area contributed by atoms with Crippen molar-refractivity contribution in [1.82, 2.24) is 14.4 Å². The van der Waals surface area contributed by atoms with Gasteiger partial charge in [0.1, 0.15) is 11.2 Å². The van der Waals surface area contributed by atoms with Gasteiger partial charge >= 0.3 is 0 Å². The minimum atomic E-state index is 0.677. The van der Waals surface area contributed by atoms with E-state index in [0.29, 0.717) is 5.82 Å². The van der Waals surface area contributed by atoms with Gasteiger partial charge in [0, 0.05) is 49.0 Å². The largest absolute Gasteiger partial charge is 0.456 e. The summed E-state index contributed by atoms with van der Waals surface area (Å²) in [4.78, 5) is 10.3. The van der Waals surface area contributed by atoms with Gasteiger partial charge in [0.05, 0.1) is 27.9 Å². The van der Waals surface area contributed by atoms with Crippen molar-refractivity contribution in [3.63, 3.8) is 0 Å². The van der Waals surface area contributed by atoms with Crippen LogP contribution in [0.2, 0.25) is 0 Å². The Morgan fingerprint density at radius 3 is 1.84 bits per heavy atom. The normalized spacial score (nSPS) is 12.1. The second-order valence-electron chi connectivity index (χ2n) is 11.4. The molecule has 0 saturated carbocycles. The van der Waals surface area contributed by atoms with Crippen LogP contribution in [0.25, 0.3) is 93.9 Å². The zero-order valence-electron chi connectivity index (χ0n) is 23.5. The monoisotopic (exact) mass is 561 g/mol. The van der Waals surface area contributed by atoms with Crippen LogP contribution in [0.3, 0.4) is 0 Å². The van der Waals surface area contributed by atoms with Crippen LogP contribution < -0.4 is 0 Å². The fraction of sp³-hybridized carbons (Fsp3) is 0. The Morgan fingerprint density at radius 2 is 1.09 bits per heavy atom. The van der Waals surface area contributed by atoms with Gasteiger partial charge in [-0.25, -0.2) is 9.97 Å². The maximum atomic E-state index is 6.56. The van der Waals surface area contributed by atoms with Crippen LogP contribution in [0.5, 0.6) is 0 Å². The first kappa shape index (κ1) is 23.6. The molecule has 0 atom stereocenters. The van der Waals surface area contributed by atoms with E-state index in [-0.39, 0.29) is 0 Å². The van der Waals surface area contributed by atoms with E-state index in [1.54, 1.807) is 0 Å². The van der Waals surface area contributed by atoms with Crippen LogP contribution in [0.15, 0.2) is 144 Å². The second-order valence-corrected chi connectivity index (χ2v) is 11.4. The van der Waals surface area contributed by atoms with Gasteiger partial charge in [-0.1, -0.05) is 109 Å². The van der Waals surface area contributed by atoms with Crippen LogP contribution in [-0.4, -0.2) is 14.4 Å². The third-order valence-corrected chi connectivity index (χ3v) is 8.95. The fourth-order valence-electron chi connectivity index (χ4n) is 7.02. The number of fused-ring (bicyclic) bond motifs is 9. The van der Waals surface area contributed by atoms with Crippen molar-refractivity contribution in [2.75, 3.05) is 0 Å². The molecular weight excluding hydrogens is 538 g/mol. The first-order valence-corrected chi connectivity index (χ1v) is 14.8. The van der Waals surface area contributed by atoms with E-state index >= 15 is 0 Å². The summed E-state index contributed by atoms with van der Waals surface area (Å²) in [6.45, 7) is 0. The summed E-state index contributed by atoms with van der Waals surface area (Å²) in [5.41, 5.74) is 10.2. The van der Waals surface area contributed by atoms with Crippen LogP contribution in [0.4, 0.5) is 0 Å². The quantitative estimate of drug-likeness (QED) is 0.215. The van der Waals surface area contributed by atoms with Crippen molar-refractivity contribution < 1.29 is 4.42 Å². The maximum Gasteiger partial charge on any atom is 0.161 e. The Balaban J connectivity index is 1.30. The standard InChI is InChI=1S/C40H23N3O/c1-3-11-24(12-4-1)32-23-33(25-13-5-2-6-14-25)42-40(41-32)29-18-10-20-36-38(29)31-21-35-30(22-37(31)44-36)28-17-9-16-27-26-15-7-8-19-34(26)43(35)39(27)28/h1-23H. The van der Waals surface area contributed by atoms with Gasteiger partial charge in [-0.3, -0.25) is 0 Å². The van der Waals surface area contributed by atoms with Crippen molar-refractivity contribution in [2.24, 2.45) is 0 Å². The molecule has 0 aliphatic carbocycles. The van der Waals surface area contributed by atoms with Gasteiger partial charge in [-0.2, -0.15) is 0 Å². The van der Waals surface area contributed by atoms with Crippen molar-refractivity contribution in [1.29, 1.82) is 0 Å². The molecule has 4 nitrogen and oxygen atoms in total. The van der Waals surface area contributed by atoms with E-state index in [4.69, 9.17) is 14.4 Å². The molecule has 0 N–H and O–H groups in total. The van der Waals surface area contributed by atoms with E-state index in [1.165, 1.54) is 38.1 Å². The summed E-state index contributed by atoms with van der Waals surface area (Å²) in [5.74, 6) is 0.677. The molecule has 4 heteroatoms. The number of nitrogens with zero attached hydrogens (tertiary/aromatic N) is 3. The van der Waals surface area contributed by atoms with Gasteiger partial charge < -0.3 is 8.82 Å². The molecule has 204 valence electrons. The molecule has 0 fully saturated rings. The number of rotatable bonds is 3. The predicted octanol–water partition coefficient (Wildman–Crippen LogP) is 10.5. The second kappa shape index (κ2) is 8.76. The Morgan fingerprint density at radius 1 is 0.455 bits per heavy atom. The van der Waals surface area contributed by atoms with Crippen LogP contribution in [0, 0.1) is 0 Å². The molecule has 6 aromatic carbocycles. The molecule has 10 aromatic rings. The lowest BCUT2D eigenvalue weighted by Crippen LogP contribution is -1.96. The molecule has 0 saturated heterocycles. The van der Waals surface area contributed by atoms with Gasteiger partial charge in [0.2, 0.25) is 0 Å². The number of benzene rings is 6. The third-order valence-electron chi connectivity index (χ3n) is 8.95. The molecule has 4 aromatic heterocycles. The van der Waals surface area contributed by atoms with E-state index in [2.05, 4.69) is 95.4 Å². The van der Waals surface area contributed by atoms with Gasteiger partial charge in [0.25, 0.3) is 0 Å². The smallest absolute Gasteiger partial charge is 0.161 e. The van der Waals surface area contributed by atoms with Crippen LogP contribution >= 0.6 is 0 Å². The number of aromatic nitrogens is 3. The summed E-state index contributed by atoms with van der Waals surface area (Å²) in [5, 5.41) is 7.06. The first-order valence-electron chi connectivity index (χ1n) is 14.8. The van der Waals surface area contributed by atoms with Crippen molar-refractivity contribution in [3.8, 4) is 33.9 Å². The maximum absolute atomic E-state index is 6.56. The van der Waals surface area contributed by atoms with E-state index < -0.39 is 0 Å². The Bertz CT molecular complexity index is 2650. The predicted molar refractivity (Wildman–Crippen MR) is 180 cm³/mol. The van der Waals surface area contributed by atoms with Gasteiger partial charge in [-0.15, -0.1) is 0 Å². The molecule has 0 aliphatic heterocycles. The SMILES string of the molecule is c1ccc(-c2cc(-c3ccccc3)nc(-c3cccc4oc5cc6c7cccc8c9ccccc9n(c6cc5c34)c87)n2)cc1. The highest BCUT2D eigenvalue weighted by Crippen LogP contribution is 2.43. The Hall–Kier alpha value is -6.00. The number of para-hydroxylation sites is 2. The minimum absolute atomic E-state index is 0.677. The highest BCUT2D eigenvalue weighted by molar-refractivity contribution is 6.26. The number of hydrogen-bond acceptors (Lipinski definition) is 3. The molecule has 44 heavy (non-hydrogen) atoms. The van der Waals surface area contributed by atoms with Crippen molar-refractivity contribution in [2.45, 2.75) is 0 Å². The average Bonchev–Trinajstić information content (AvgIpc) is 3.74. The lowest BCUT2D eigenvalue weighted by molar-refractivity contribution is 0.669. The Kier molecular flexibility index (Phi) is 4.69. The number of hydrogen-bond donors (Lipinski definition) is 0. The summed E-state index contributed by atoms with van der Waals surface area (Å²) in [6.07, 6.45) is 0. The molecule has 0 bridgehead atoms. The molecule has 0 unspecified atom stereocenters. The average molecular weight is 562 g/mol. The topological polar surface area (TPSA) is 43.3 Å². The summed E-state index contributed by atoms with van der Waals surface area (Å²) >= 11 is 0. The third kappa shape index (κ3) is 3.22. The summed E-state index contributed by atoms with van der Waals surface area (Å²) in [6, 6.07) is 48.7. The minimum Gasteiger partial charge on any atom is -0.456 e. The molecular formula is C40H23N3O. The molecule has 10 rings (SSSR count). The zero-order chi connectivity index (χ0) is 28.8. The molecule has 0 amide bonds. The lowest BCUT2D eigenvalue weighted by atomic mass is 10.0. The molecule has 0 aliphatic rings. The molecule has 4 heterocycles. The molecule has 0 spiro atoms. The van der Waals surface area contributed by atoms with Crippen molar-refractivity contribution in [3.05, 3.63) is 140 Å². The Labute approximate surface area is 251 Å². The number of furan rings is 1. The van der Waals surface area contributed by atoms with E-state index in [0.717, 1.165) is 50.0 Å². The lowest BCUT2D eigenvalue weighted by Gasteiger charge is -2.10. The van der Waals surface area contributed by atoms with Crippen LogP contribution in [0.1, 0.15) is 0 Å². The zero-order valence-corrected chi connectivity index (χ0v) is 23.5. The van der Waals surface area contributed by atoms with E-state index in [1.807, 2.05) is 48.5 Å². The van der Waals surface area contributed by atoms with Crippen molar-refractivity contribution >= 4 is 60.0 Å².